The summed E-state index contributed by atoms with van der Waals surface area (Å²) in [4.78, 5) is 4.80. The highest BCUT2D eigenvalue weighted by Crippen LogP contribution is 2.31. The highest BCUT2D eigenvalue weighted by Gasteiger charge is 2.16. The van der Waals surface area contributed by atoms with Gasteiger partial charge in [0.15, 0.2) is 0 Å². The Morgan fingerprint density at radius 3 is 2.39 bits per heavy atom. The van der Waals surface area contributed by atoms with Gasteiger partial charge in [0.1, 0.15) is 0 Å². The highest BCUT2D eigenvalue weighted by atomic mass is 35.5. The SMILES string of the molecule is Clc1ccc(-c2c(Cc3nc4ccccc4s3)cnn2-c2ccccc2)cc1. The topological polar surface area (TPSA) is 30.7 Å². The van der Waals surface area contributed by atoms with E-state index in [1.165, 1.54) is 4.70 Å². The number of hydrogen-bond donors (Lipinski definition) is 0. The standard InChI is InChI=1S/C23H16ClN3S/c24-18-12-10-16(11-13-18)23-17(15-25-27(23)19-6-2-1-3-7-19)14-22-26-20-8-4-5-9-21(20)28-22/h1-13,15H,14H2. The second kappa shape index (κ2) is 7.23. The van der Waals surface area contributed by atoms with E-state index < -0.39 is 0 Å². The zero-order valence-electron chi connectivity index (χ0n) is 14.9. The lowest BCUT2D eigenvalue weighted by molar-refractivity contribution is 0.888. The molecule has 28 heavy (non-hydrogen) atoms. The Hall–Kier alpha value is -2.95. The van der Waals surface area contributed by atoms with Gasteiger partial charge in [-0.3, -0.25) is 0 Å². The number of aromatic nitrogens is 3. The molecule has 2 heterocycles. The van der Waals surface area contributed by atoms with E-state index in [1.54, 1.807) is 11.3 Å². The smallest absolute Gasteiger partial charge is 0.0983 e. The van der Waals surface area contributed by atoms with Gasteiger partial charge in [-0.25, -0.2) is 9.67 Å². The minimum Gasteiger partial charge on any atom is -0.241 e. The first-order valence-corrected chi connectivity index (χ1v) is 10.2. The molecule has 0 fully saturated rings. The van der Waals surface area contributed by atoms with Gasteiger partial charge in [0.25, 0.3) is 0 Å². The van der Waals surface area contributed by atoms with Crippen LogP contribution in [0.25, 0.3) is 27.2 Å². The first-order valence-electron chi connectivity index (χ1n) is 9.01. The van der Waals surface area contributed by atoms with Crippen LogP contribution in [-0.2, 0) is 6.42 Å². The predicted molar refractivity (Wildman–Crippen MR) is 116 cm³/mol. The summed E-state index contributed by atoms with van der Waals surface area (Å²) in [6.45, 7) is 0. The zero-order chi connectivity index (χ0) is 18.9. The lowest BCUT2D eigenvalue weighted by atomic mass is 10.1. The number of rotatable bonds is 4. The molecule has 5 aromatic rings. The average molecular weight is 402 g/mol. The van der Waals surface area contributed by atoms with Crippen LogP contribution in [0.1, 0.15) is 10.6 Å². The minimum atomic E-state index is 0.724. The molecule has 0 aliphatic carbocycles. The number of nitrogens with zero attached hydrogens (tertiary/aromatic N) is 3. The van der Waals surface area contributed by atoms with Crippen molar-refractivity contribution in [3.63, 3.8) is 0 Å². The fourth-order valence-corrected chi connectivity index (χ4v) is 4.47. The van der Waals surface area contributed by atoms with Crippen LogP contribution < -0.4 is 0 Å². The fourth-order valence-electron chi connectivity index (χ4n) is 3.35. The number of halogens is 1. The third kappa shape index (κ3) is 3.21. The molecule has 0 radical (unpaired) electrons. The molecule has 3 aromatic carbocycles. The van der Waals surface area contributed by atoms with Crippen molar-refractivity contribution >= 4 is 33.2 Å². The lowest BCUT2D eigenvalue weighted by Gasteiger charge is -2.10. The van der Waals surface area contributed by atoms with Gasteiger partial charge in [0, 0.05) is 22.6 Å². The second-order valence-electron chi connectivity index (χ2n) is 6.52. The Bertz CT molecular complexity index is 1210. The maximum atomic E-state index is 6.11. The Morgan fingerprint density at radius 1 is 0.857 bits per heavy atom. The van der Waals surface area contributed by atoms with Gasteiger partial charge in [0.2, 0.25) is 0 Å². The first kappa shape index (κ1) is 17.2. The van der Waals surface area contributed by atoms with Crippen LogP contribution in [0, 0.1) is 0 Å². The molecule has 0 aliphatic rings. The van der Waals surface area contributed by atoms with Crippen molar-refractivity contribution in [2.45, 2.75) is 6.42 Å². The van der Waals surface area contributed by atoms with Crippen molar-refractivity contribution in [3.05, 3.63) is 101 Å². The minimum absolute atomic E-state index is 0.724. The van der Waals surface area contributed by atoms with Gasteiger partial charge in [-0.05, 0) is 36.4 Å². The Kier molecular flexibility index (Phi) is 4.43. The summed E-state index contributed by atoms with van der Waals surface area (Å²) in [6, 6.07) is 26.4. The molecule has 2 aromatic heterocycles. The normalized spacial score (nSPS) is 11.2. The number of benzene rings is 3. The molecule has 5 rings (SSSR count). The molecule has 0 aliphatic heterocycles. The molecule has 3 nitrogen and oxygen atoms in total. The maximum absolute atomic E-state index is 6.11. The molecule has 0 amide bonds. The Balaban J connectivity index is 1.63. The van der Waals surface area contributed by atoms with Crippen LogP contribution in [-0.4, -0.2) is 14.8 Å². The molecule has 0 bridgehead atoms. The van der Waals surface area contributed by atoms with Gasteiger partial charge < -0.3 is 0 Å². The molecule has 0 atom stereocenters. The molecule has 0 N–H and O–H groups in total. The molecule has 0 saturated heterocycles. The van der Waals surface area contributed by atoms with Gasteiger partial charge in [0.05, 0.1) is 32.8 Å². The summed E-state index contributed by atoms with van der Waals surface area (Å²) in [5.41, 5.74) is 5.38. The van der Waals surface area contributed by atoms with Crippen molar-refractivity contribution in [2.24, 2.45) is 0 Å². The molecular formula is C23H16ClN3S. The summed E-state index contributed by atoms with van der Waals surface area (Å²) >= 11 is 7.85. The average Bonchev–Trinajstić information content (AvgIpc) is 3.33. The molecule has 0 spiro atoms. The van der Waals surface area contributed by atoms with E-state index in [4.69, 9.17) is 21.7 Å². The second-order valence-corrected chi connectivity index (χ2v) is 8.08. The van der Waals surface area contributed by atoms with E-state index in [9.17, 15) is 0 Å². The summed E-state index contributed by atoms with van der Waals surface area (Å²) in [5.74, 6) is 0. The molecular weight excluding hydrogens is 386 g/mol. The predicted octanol–water partition coefficient (Wildman–Crippen LogP) is 6.39. The van der Waals surface area contributed by atoms with E-state index in [-0.39, 0.29) is 0 Å². The van der Waals surface area contributed by atoms with Crippen LogP contribution in [0.3, 0.4) is 0 Å². The van der Waals surface area contributed by atoms with Crippen LogP contribution in [0.15, 0.2) is 85.1 Å². The van der Waals surface area contributed by atoms with Gasteiger partial charge in [-0.1, -0.05) is 54.1 Å². The lowest BCUT2D eigenvalue weighted by Crippen LogP contribution is -2.00. The summed E-state index contributed by atoms with van der Waals surface area (Å²) in [7, 11) is 0. The first-order chi connectivity index (χ1) is 13.8. The van der Waals surface area contributed by atoms with Crippen LogP contribution >= 0.6 is 22.9 Å². The third-order valence-electron chi connectivity index (χ3n) is 4.64. The maximum Gasteiger partial charge on any atom is 0.0983 e. The summed E-state index contributed by atoms with van der Waals surface area (Å²) in [6.07, 6.45) is 2.69. The van der Waals surface area contributed by atoms with Crippen LogP contribution in [0.2, 0.25) is 5.02 Å². The Labute approximate surface area is 171 Å². The summed E-state index contributed by atoms with van der Waals surface area (Å²) in [5, 5.41) is 6.51. The van der Waals surface area contributed by atoms with E-state index in [2.05, 4.69) is 30.3 Å². The van der Waals surface area contributed by atoms with Crippen molar-refractivity contribution in [1.82, 2.24) is 14.8 Å². The monoisotopic (exact) mass is 401 g/mol. The van der Waals surface area contributed by atoms with Crippen LogP contribution in [0.5, 0.6) is 0 Å². The Morgan fingerprint density at radius 2 is 1.61 bits per heavy atom. The molecule has 5 heteroatoms. The van der Waals surface area contributed by atoms with Gasteiger partial charge >= 0.3 is 0 Å². The number of fused-ring (bicyclic) bond motifs is 1. The largest absolute Gasteiger partial charge is 0.241 e. The third-order valence-corrected chi connectivity index (χ3v) is 5.93. The van der Waals surface area contributed by atoms with Crippen molar-refractivity contribution < 1.29 is 0 Å². The fraction of sp³-hybridized carbons (Fsp3) is 0.0435. The highest BCUT2D eigenvalue weighted by molar-refractivity contribution is 7.18. The quantitative estimate of drug-likeness (QED) is 0.349. The number of para-hydroxylation sites is 2. The van der Waals surface area contributed by atoms with Gasteiger partial charge in [-0.15, -0.1) is 11.3 Å². The van der Waals surface area contributed by atoms with E-state index >= 15 is 0 Å². The number of hydrogen-bond acceptors (Lipinski definition) is 3. The number of thiazole rings is 1. The van der Waals surface area contributed by atoms with Crippen LogP contribution in [0.4, 0.5) is 0 Å². The van der Waals surface area contributed by atoms with E-state index in [1.807, 2.05) is 59.4 Å². The van der Waals surface area contributed by atoms with E-state index in [0.717, 1.165) is 44.5 Å². The van der Waals surface area contributed by atoms with Crippen molar-refractivity contribution in [3.8, 4) is 16.9 Å². The van der Waals surface area contributed by atoms with Gasteiger partial charge in [-0.2, -0.15) is 5.10 Å². The van der Waals surface area contributed by atoms with Crippen molar-refractivity contribution in [2.75, 3.05) is 0 Å². The van der Waals surface area contributed by atoms with E-state index in [0.29, 0.717) is 0 Å². The molecule has 0 saturated carbocycles. The molecule has 136 valence electrons. The van der Waals surface area contributed by atoms with Crippen molar-refractivity contribution in [1.29, 1.82) is 0 Å². The molecule has 0 unspecified atom stereocenters. The summed E-state index contributed by atoms with van der Waals surface area (Å²) < 4.78 is 3.20. The zero-order valence-corrected chi connectivity index (χ0v) is 16.5.